The quantitative estimate of drug-likeness (QED) is 0.539. The Balaban J connectivity index is 1.98. The molecule has 0 aromatic heterocycles. The molecule has 1 heterocycles. The molecule has 2 N–H and O–H groups in total. The number of ether oxygens (including phenoxy) is 2. The van der Waals surface area contributed by atoms with E-state index < -0.39 is 6.04 Å². The maximum atomic E-state index is 11.0. The van der Waals surface area contributed by atoms with Crippen LogP contribution < -0.4 is 5.73 Å². The average molecular weight is 233 g/mol. The van der Waals surface area contributed by atoms with Gasteiger partial charge < -0.3 is 15.2 Å². The third kappa shape index (κ3) is 4.86. The normalized spacial score (nSPS) is 22.7. The van der Waals surface area contributed by atoms with Crippen molar-refractivity contribution >= 4 is 17.7 Å². The highest BCUT2D eigenvalue weighted by Gasteiger charge is 2.16. The molecule has 0 aromatic carbocycles. The molecule has 1 rings (SSSR count). The first-order valence-electron chi connectivity index (χ1n) is 5.23. The summed E-state index contributed by atoms with van der Waals surface area (Å²) < 4.78 is 9.83. The molecule has 1 aliphatic rings. The number of carbonyl (C=O) groups excluding carboxylic acids is 1. The van der Waals surface area contributed by atoms with Crippen molar-refractivity contribution in [1.29, 1.82) is 0 Å². The zero-order valence-electron chi connectivity index (χ0n) is 9.11. The van der Waals surface area contributed by atoms with Gasteiger partial charge in [0.15, 0.2) is 0 Å². The van der Waals surface area contributed by atoms with Gasteiger partial charge in [0, 0.05) is 6.61 Å². The van der Waals surface area contributed by atoms with Crippen LogP contribution in [0.5, 0.6) is 0 Å². The van der Waals surface area contributed by atoms with Gasteiger partial charge in [0.2, 0.25) is 0 Å². The van der Waals surface area contributed by atoms with E-state index in [1.165, 1.54) is 7.11 Å². The number of nitrogens with two attached hydrogens (primary N) is 1. The largest absolute Gasteiger partial charge is 0.468 e. The van der Waals surface area contributed by atoms with Gasteiger partial charge in [-0.2, -0.15) is 11.8 Å². The van der Waals surface area contributed by atoms with Crippen molar-refractivity contribution in [3.05, 3.63) is 0 Å². The fourth-order valence-electron chi connectivity index (χ4n) is 1.44. The lowest BCUT2D eigenvalue weighted by Crippen LogP contribution is -2.32. The summed E-state index contributed by atoms with van der Waals surface area (Å²) in [5, 5.41) is 0. The SMILES string of the molecule is COC(=O)C(N)CCSCC1CCOC1. The Morgan fingerprint density at radius 1 is 1.73 bits per heavy atom. The van der Waals surface area contributed by atoms with Gasteiger partial charge in [0.25, 0.3) is 0 Å². The smallest absolute Gasteiger partial charge is 0.322 e. The van der Waals surface area contributed by atoms with Crippen LogP contribution in [0.3, 0.4) is 0 Å². The van der Waals surface area contributed by atoms with Crippen LogP contribution in [-0.4, -0.2) is 43.8 Å². The zero-order chi connectivity index (χ0) is 11.1. The van der Waals surface area contributed by atoms with E-state index in [2.05, 4.69) is 4.74 Å². The maximum Gasteiger partial charge on any atom is 0.322 e. The molecule has 0 bridgehead atoms. The zero-order valence-corrected chi connectivity index (χ0v) is 9.92. The van der Waals surface area contributed by atoms with E-state index >= 15 is 0 Å². The summed E-state index contributed by atoms with van der Waals surface area (Å²) in [7, 11) is 1.37. The van der Waals surface area contributed by atoms with Crippen molar-refractivity contribution in [2.75, 3.05) is 31.8 Å². The van der Waals surface area contributed by atoms with Gasteiger partial charge in [-0.3, -0.25) is 4.79 Å². The number of hydrogen-bond acceptors (Lipinski definition) is 5. The molecule has 1 aliphatic heterocycles. The van der Waals surface area contributed by atoms with Crippen LogP contribution in [0, 0.1) is 5.92 Å². The summed E-state index contributed by atoms with van der Waals surface area (Å²) in [5.41, 5.74) is 5.61. The Bertz CT molecular complexity index is 195. The average Bonchev–Trinajstić information content (AvgIpc) is 2.75. The molecule has 1 saturated heterocycles. The van der Waals surface area contributed by atoms with E-state index in [1.807, 2.05) is 11.8 Å². The minimum absolute atomic E-state index is 0.320. The van der Waals surface area contributed by atoms with Gasteiger partial charge >= 0.3 is 5.97 Å². The molecule has 2 atom stereocenters. The van der Waals surface area contributed by atoms with Crippen LogP contribution in [0.2, 0.25) is 0 Å². The second kappa shape index (κ2) is 7.09. The van der Waals surface area contributed by atoms with E-state index in [0.29, 0.717) is 12.3 Å². The number of hydrogen-bond donors (Lipinski definition) is 1. The highest BCUT2D eigenvalue weighted by Crippen LogP contribution is 2.18. The predicted octanol–water partition coefficient (Wildman–Crippen LogP) is 0.646. The van der Waals surface area contributed by atoms with Crippen molar-refractivity contribution < 1.29 is 14.3 Å². The summed E-state index contributed by atoms with van der Waals surface area (Å²) in [6.45, 7) is 1.78. The molecular formula is C10H19NO3S. The van der Waals surface area contributed by atoms with E-state index in [0.717, 1.165) is 31.1 Å². The lowest BCUT2D eigenvalue weighted by Gasteiger charge is -2.10. The highest BCUT2D eigenvalue weighted by atomic mass is 32.2. The Kier molecular flexibility index (Phi) is 6.05. The molecular weight excluding hydrogens is 214 g/mol. The standard InChI is InChI=1S/C10H19NO3S/c1-13-10(12)9(11)3-5-15-7-8-2-4-14-6-8/h8-9H,2-7,11H2,1H3. The Hall–Kier alpha value is -0.260. The molecule has 0 saturated carbocycles. The molecule has 0 spiro atoms. The summed E-state index contributed by atoms with van der Waals surface area (Å²) >= 11 is 1.84. The second-order valence-electron chi connectivity index (χ2n) is 3.72. The van der Waals surface area contributed by atoms with Crippen LogP contribution in [0.1, 0.15) is 12.8 Å². The van der Waals surface area contributed by atoms with E-state index in [-0.39, 0.29) is 5.97 Å². The van der Waals surface area contributed by atoms with Crippen LogP contribution in [0.4, 0.5) is 0 Å². The molecule has 88 valence electrons. The van der Waals surface area contributed by atoms with Gasteiger partial charge in [-0.25, -0.2) is 0 Å². The molecule has 0 aromatic rings. The van der Waals surface area contributed by atoms with Crippen molar-refractivity contribution in [2.24, 2.45) is 11.7 Å². The van der Waals surface area contributed by atoms with Crippen LogP contribution in [0.15, 0.2) is 0 Å². The summed E-state index contributed by atoms with van der Waals surface area (Å²) in [5.74, 6) is 2.38. The molecule has 4 nitrogen and oxygen atoms in total. The monoisotopic (exact) mass is 233 g/mol. The Morgan fingerprint density at radius 2 is 2.53 bits per heavy atom. The first kappa shape index (κ1) is 12.8. The van der Waals surface area contributed by atoms with E-state index in [1.54, 1.807) is 0 Å². The molecule has 15 heavy (non-hydrogen) atoms. The van der Waals surface area contributed by atoms with Crippen molar-refractivity contribution in [3.8, 4) is 0 Å². The summed E-state index contributed by atoms with van der Waals surface area (Å²) in [4.78, 5) is 11.0. The Morgan fingerprint density at radius 3 is 3.13 bits per heavy atom. The number of carbonyl (C=O) groups is 1. The summed E-state index contributed by atoms with van der Waals surface area (Å²) in [6, 6.07) is -0.470. The molecule has 1 fully saturated rings. The van der Waals surface area contributed by atoms with Crippen molar-refractivity contribution in [3.63, 3.8) is 0 Å². The number of esters is 1. The van der Waals surface area contributed by atoms with Gasteiger partial charge in [0.1, 0.15) is 6.04 Å². The number of methoxy groups -OCH3 is 1. The second-order valence-corrected chi connectivity index (χ2v) is 4.87. The third-order valence-electron chi connectivity index (χ3n) is 2.45. The topological polar surface area (TPSA) is 61.5 Å². The Labute approximate surface area is 94.9 Å². The molecule has 5 heteroatoms. The van der Waals surface area contributed by atoms with Gasteiger partial charge in [0.05, 0.1) is 13.7 Å². The van der Waals surface area contributed by atoms with Crippen molar-refractivity contribution in [2.45, 2.75) is 18.9 Å². The fourth-order valence-corrected chi connectivity index (χ4v) is 2.63. The third-order valence-corrected chi connectivity index (χ3v) is 3.69. The van der Waals surface area contributed by atoms with Crippen LogP contribution in [-0.2, 0) is 14.3 Å². The van der Waals surface area contributed by atoms with E-state index in [9.17, 15) is 4.79 Å². The van der Waals surface area contributed by atoms with Gasteiger partial charge in [-0.15, -0.1) is 0 Å². The minimum atomic E-state index is -0.470. The molecule has 0 radical (unpaired) electrons. The molecule has 2 unspecified atom stereocenters. The first-order valence-corrected chi connectivity index (χ1v) is 6.38. The summed E-state index contributed by atoms with van der Waals surface area (Å²) in [6.07, 6.45) is 1.85. The lowest BCUT2D eigenvalue weighted by molar-refractivity contribution is -0.142. The van der Waals surface area contributed by atoms with Gasteiger partial charge in [-0.05, 0) is 30.3 Å². The van der Waals surface area contributed by atoms with Gasteiger partial charge in [-0.1, -0.05) is 0 Å². The maximum absolute atomic E-state index is 11.0. The molecule has 0 amide bonds. The number of rotatable bonds is 6. The fraction of sp³-hybridized carbons (Fsp3) is 0.900. The van der Waals surface area contributed by atoms with E-state index in [4.69, 9.17) is 10.5 Å². The van der Waals surface area contributed by atoms with Crippen molar-refractivity contribution in [1.82, 2.24) is 0 Å². The number of thioether (sulfide) groups is 1. The first-order chi connectivity index (χ1) is 7.24. The van der Waals surface area contributed by atoms with Crippen LogP contribution in [0.25, 0.3) is 0 Å². The predicted molar refractivity (Wildman–Crippen MR) is 60.9 cm³/mol. The highest BCUT2D eigenvalue weighted by molar-refractivity contribution is 7.99. The lowest BCUT2D eigenvalue weighted by atomic mass is 10.2. The molecule has 0 aliphatic carbocycles. The minimum Gasteiger partial charge on any atom is -0.468 e. The van der Waals surface area contributed by atoms with Crippen LogP contribution >= 0.6 is 11.8 Å².